The molecule has 1 heteroatoms. The molecular weight excluding hydrogens is 196 g/mol. The highest BCUT2D eigenvalue weighted by Crippen LogP contribution is 2.52. The highest BCUT2D eigenvalue weighted by Gasteiger charge is 2.42. The fourth-order valence-corrected chi connectivity index (χ4v) is 2.73. The first-order valence-corrected chi connectivity index (χ1v) is 6.60. The van der Waals surface area contributed by atoms with Crippen LogP contribution in [-0.4, -0.2) is 13.2 Å². The maximum atomic E-state index is 5.66. The Hall–Kier alpha value is -0.300. The van der Waals surface area contributed by atoms with Crippen LogP contribution >= 0.6 is 0 Å². The largest absolute Gasteiger partial charge is 0.377 e. The summed E-state index contributed by atoms with van der Waals surface area (Å²) in [6, 6.07) is 0. The molecule has 1 fully saturated rings. The SMILES string of the molecule is C=C(C)COCCC1(C)CCCCC1(C)C. The van der Waals surface area contributed by atoms with E-state index in [-0.39, 0.29) is 0 Å². The Balaban J connectivity index is 2.40. The second-order valence-electron chi connectivity index (χ2n) is 6.41. The molecule has 94 valence electrons. The van der Waals surface area contributed by atoms with E-state index in [9.17, 15) is 0 Å². The third-order valence-electron chi connectivity index (χ3n) is 4.56. The monoisotopic (exact) mass is 224 g/mol. The molecule has 16 heavy (non-hydrogen) atoms. The van der Waals surface area contributed by atoms with Crippen molar-refractivity contribution in [3.8, 4) is 0 Å². The Morgan fingerprint density at radius 3 is 2.38 bits per heavy atom. The standard InChI is InChI=1S/C15H28O/c1-13(2)12-16-11-10-15(5)9-7-6-8-14(15,3)4/h1,6-12H2,2-5H3. The molecule has 1 nitrogen and oxygen atoms in total. The summed E-state index contributed by atoms with van der Waals surface area (Å²) in [5, 5.41) is 0. The minimum atomic E-state index is 0.459. The summed E-state index contributed by atoms with van der Waals surface area (Å²) < 4.78 is 5.66. The van der Waals surface area contributed by atoms with E-state index < -0.39 is 0 Å². The van der Waals surface area contributed by atoms with Gasteiger partial charge in [-0.1, -0.05) is 45.8 Å². The van der Waals surface area contributed by atoms with Gasteiger partial charge < -0.3 is 4.74 Å². The lowest BCUT2D eigenvalue weighted by Gasteiger charge is -2.48. The van der Waals surface area contributed by atoms with Gasteiger partial charge in [-0.3, -0.25) is 0 Å². The van der Waals surface area contributed by atoms with Gasteiger partial charge in [-0.2, -0.15) is 0 Å². The lowest BCUT2D eigenvalue weighted by molar-refractivity contribution is -0.00162. The van der Waals surface area contributed by atoms with Gasteiger partial charge in [0.1, 0.15) is 0 Å². The number of hydrogen-bond acceptors (Lipinski definition) is 1. The van der Waals surface area contributed by atoms with Crippen LogP contribution in [0.1, 0.15) is 59.8 Å². The molecule has 1 rings (SSSR count). The smallest absolute Gasteiger partial charge is 0.0671 e. The number of rotatable bonds is 5. The van der Waals surface area contributed by atoms with Gasteiger partial charge >= 0.3 is 0 Å². The van der Waals surface area contributed by atoms with Crippen LogP contribution < -0.4 is 0 Å². The first-order chi connectivity index (χ1) is 7.37. The van der Waals surface area contributed by atoms with Crippen LogP contribution in [0.4, 0.5) is 0 Å². The van der Waals surface area contributed by atoms with Crippen molar-refractivity contribution in [2.75, 3.05) is 13.2 Å². The minimum Gasteiger partial charge on any atom is -0.377 e. The predicted octanol–water partition coefficient (Wildman–Crippen LogP) is 4.58. The van der Waals surface area contributed by atoms with Gasteiger partial charge in [0.05, 0.1) is 6.61 Å². The van der Waals surface area contributed by atoms with E-state index >= 15 is 0 Å². The third kappa shape index (κ3) is 3.35. The van der Waals surface area contributed by atoms with Gasteiger partial charge in [-0.15, -0.1) is 0 Å². The van der Waals surface area contributed by atoms with Crippen molar-refractivity contribution in [2.24, 2.45) is 10.8 Å². The van der Waals surface area contributed by atoms with E-state index in [0.717, 1.165) is 18.8 Å². The van der Waals surface area contributed by atoms with Crippen LogP contribution in [0.25, 0.3) is 0 Å². The van der Waals surface area contributed by atoms with E-state index in [4.69, 9.17) is 4.74 Å². The second-order valence-corrected chi connectivity index (χ2v) is 6.41. The van der Waals surface area contributed by atoms with Crippen molar-refractivity contribution in [1.82, 2.24) is 0 Å². The summed E-state index contributed by atoms with van der Waals surface area (Å²) in [7, 11) is 0. The van der Waals surface area contributed by atoms with Crippen LogP contribution in [0, 0.1) is 10.8 Å². The fourth-order valence-electron chi connectivity index (χ4n) is 2.73. The van der Waals surface area contributed by atoms with Crippen molar-refractivity contribution < 1.29 is 4.74 Å². The Morgan fingerprint density at radius 2 is 1.81 bits per heavy atom. The van der Waals surface area contributed by atoms with Crippen LogP contribution in [0.3, 0.4) is 0 Å². The first-order valence-electron chi connectivity index (χ1n) is 6.60. The molecule has 1 atom stereocenters. The summed E-state index contributed by atoms with van der Waals surface area (Å²) in [5.41, 5.74) is 2.05. The maximum Gasteiger partial charge on any atom is 0.0671 e. The topological polar surface area (TPSA) is 9.23 Å². The predicted molar refractivity (Wildman–Crippen MR) is 70.6 cm³/mol. The molecule has 0 aromatic carbocycles. The van der Waals surface area contributed by atoms with Gasteiger partial charge in [-0.25, -0.2) is 0 Å². The van der Waals surface area contributed by atoms with Crippen molar-refractivity contribution in [1.29, 1.82) is 0 Å². The summed E-state index contributed by atoms with van der Waals surface area (Å²) in [6.07, 6.45) is 6.70. The Labute approximate surface area is 101 Å². The first kappa shape index (κ1) is 13.8. The molecule has 0 bridgehead atoms. The van der Waals surface area contributed by atoms with Crippen LogP contribution in [-0.2, 0) is 4.74 Å². The van der Waals surface area contributed by atoms with Crippen LogP contribution in [0.15, 0.2) is 12.2 Å². The van der Waals surface area contributed by atoms with Crippen LogP contribution in [0.2, 0.25) is 0 Å². The van der Waals surface area contributed by atoms with Crippen molar-refractivity contribution in [3.05, 3.63) is 12.2 Å². The molecule has 0 spiro atoms. The summed E-state index contributed by atoms with van der Waals surface area (Å²) >= 11 is 0. The molecular formula is C15H28O. The quantitative estimate of drug-likeness (QED) is 0.491. The molecule has 1 aliphatic rings. The molecule has 0 saturated heterocycles. The summed E-state index contributed by atoms with van der Waals surface area (Å²) in [6.45, 7) is 14.8. The van der Waals surface area contributed by atoms with Crippen molar-refractivity contribution >= 4 is 0 Å². The average Bonchev–Trinajstić information content (AvgIpc) is 2.18. The van der Waals surface area contributed by atoms with Crippen molar-refractivity contribution in [3.63, 3.8) is 0 Å². The summed E-state index contributed by atoms with van der Waals surface area (Å²) in [4.78, 5) is 0. The second kappa shape index (κ2) is 5.35. The molecule has 0 aliphatic heterocycles. The molecule has 0 amide bonds. The van der Waals surface area contributed by atoms with Gasteiger partial charge in [-0.05, 0) is 37.0 Å². The molecule has 1 unspecified atom stereocenters. The number of ether oxygens (including phenoxy) is 1. The zero-order valence-corrected chi connectivity index (χ0v) is 11.6. The molecule has 0 N–H and O–H groups in total. The highest BCUT2D eigenvalue weighted by atomic mass is 16.5. The molecule has 0 heterocycles. The average molecular weight is 224 g/mol. The molecule has 1 aliphatic carbocycles. The van der Waals surface area contributed by atoms with Gasteiger partial charge in [0.25, 0.3) is 0 Å². The number of hydrogen-bond donors (Lipinski definition) is 0. The normalized spacial score (nSPS) is 29.0. The highest BCUT2D eigenvalue weighted by molar-refractivity contribution is 4.93. The van der Waals surface area contributed by atoms with Gasteiger partial charge in [0.15, 0.2) is 0 Å². The van der Waals surface area contributed by atoms with Gasteiger partial charge in [0.2, 0.25) is 0 Å². The Morgan fingerprint density at radius 1 is 1.19 bits per heavy atom. The molecule has 1 saturated carbocycles. The Bertz CT molecular complexity index is 242. The molecule has 0 aromatic rings. The fraction of sp³-hybridized carbons (Fsp3) is 0.867. The lowest BCUT2D eigenvalue weighted by Crippen LogP contribution is -2.39. The summed E-state index contributed by atoms with van der Waals surface area (Å²) in [5.74, 6) is 0. The van der Waals surface area contributed by atoms with E-state index in [1.165, 1.54) is 32.1 Å². The minimum absolute atomic E-state index is 0.459. The van der Waals surface area contributed by atoms with E-state index in [2.05, 4.69) is 27.4 Å². The van der Waals surface area contributed by atoms with E-state index in [0.29, 0.717) is 10.8 Å². The van der Waals surface area contributed by atoms with Crippen molar-refractivity contribution in [2.45, 2.75) is 59.8 Å². The maximum absolute atomic E-state index is 5.66. The molecule has 0 radical (unpaired) electrons. The third-order valence-corrected chi connectivity index (χ3v) is 4.56. The lowest BCUT2D eigenvalue weighted by atomic mass is 9.57. The zero-order chi connectivity index (χ0) is 12.2. The zero-order valence-electron chi connectivity index (χ0n) is 11.6. The van der Waals surface area contributed by atoms with E-state index in [1.54, 1.807) is 0 Å². The Kier molecular flexibility index (Phi) is 4.61. The van der Waals surface area contributed by atoms with E-state index in [1.807, 2.05) is 6.92 Å². The molecule has 0 aromatic heterocycles. The van der Waals surface area contributed by atoms with Gasteiger partial charge in [0, 0.05) is 6.61 Å². The van der Waals surface area contributed by atoms with Crippen LogP contribution in [0.5, 0.6) is 0 Å².